The summed E-state index contributed by atoms with van der Waals surface area (Å²) in [6, 6.07) is 0. The summed E-state index contributed by atoms with van der Waals surface area (Å²) in [5.41, 5.74) is 0. The smallest absolute Gasteiger partial charge is 0.209 e. The Hall–Kier alpha value is -0.130. The first-order valence-corrected chi connectivity index (χ1v) is 8.31. The molecule has 0 amide bonds. The van der Waals surface area contributed by atoms with E-state index < -0.39 is 10.0 Å². The molecule has 0 radical (unpaired) electrons. The van der Waals surface area contributed by atoms with Crippen molar-refractivity contribution in [3.63, 3.8) is 0 Å². The van der Waals surface area contributed by atoms with Crippen molar-refractivity contribution in [1.29, 1.82) is 0 Å². The number of hydrogen-bond acceptors (Lipinski definition) is 3. The molecule has 4 nitrogen and oxygen atoms in total. The van der Waals surface area contributed by atoms with Gasteiger partial charge in [-0.3, -0.25) is 0 Å². The molecule has 2 N–H and O–H groups in total. The third-order valence-electron chi connectivity index (χ3n) is 3.48. The second kappa shape index (κ2) is 7.34. The summed E-state index contributed by atoms with van der Waals surface area (Å²) in [6.45, 7) is 3.27. The van der Waals surface area contributed by atoms with Crippen LogP contribution < -0.4 is 5.14 Å². The summed E-state index contributed by atoms with van der Waals surface area (Å²) in [5.74, 6) is 0.748. The number of nitrogens with two attached hydrogens (primary N) is 1. The highest BCUT2D eigenvalue weighted by Crippen LogP contribution is 2.23. The van der Waals surface area contributed by atoms with Gasteiger partial charge in [-0.05, 0) is 24.7 Å². The van der Waals surface area contributed by atoms with Gasteiger partial charge in [-0.2, -0.15) is 0 Å². The van der Waals surface area contributed by atoms with Gasteiger partial charge in [0.25, 0.3) is 0 Å². The van der Waals surface area contributed by atoms with Gasteiger partial charge in [0.05, 0.1) is 12.4 Å². The molecule has 1 rings (SSSR count). The van der Waals surface area contributed by atoms with E-state index in [1.165, 1.54) is 32.1 Å². The fraction of sp³-hybridized carbons (Fsp3) is 1.00. The van der Waals surface area contributed by atoms with Crippen molar-refractivity contribution in [3.05, 3.63) is 0 Å². The Bertz CT molecular complexity index is 297. The van der Waals surface area contributed by atoms with Crippen LogP contribution in [0.5, 0.6) is 0 Å². The molecule has 0 aromatic heterocycles. The van der Waals surface area contributed by atoms with Crippen LogP contribution in [0, 0.1) is 11.8 Å². The quantitative estimate of drug-likeness (QED) is 0.762. The molecule has 0 aromatic rings. The Morgan fingerprint density at radius 2 is 1.94 bits per heavy atom. The Morgan fingerprint density at radius 1 is 1.29 bits per heavy atom. The summed E-state index contributed by atoms with van der Waals surface area (Å²) < 4.78 is 27.6. The molecule has 102 valence electrons. The Balaban J connectivity index is 2.18. The van der Waals surface area contributed by atoms with Crippen molar-refractivity contribution in [2.45, 2.75) is 45.4 Å². The molecule has 17 heavy (non-hydrogen) atoms. The van der Waals surface area contributed by atoms with Crippen molar-refractivity contribution in [2.75, 3.05) is 19.0 Å². The fourth-order valence-electron chi connectivity index (χ4n) is 2.37. The fourth-order valence-corrected chi connectivity index (χ4v) is 3.36. The molecule has 1 unspecified atom stereocenters. The monoisotopic (exact) mass is 263 g/mol. The van der Waals surface area contributed by atoms with Crippen LogP contribution in [0.4, 0.5) is 0 Å². The van der Waals surface area contributed by atoms with Gasteiger partial charge in [-0.15, -0.1) is 0 Å². The molecule has 0 saturated heterocycles. The third-order valence-corrected chi connectivity index (χ3v) is 4.41. The lowest BCUT2D eigenvalue weighted by atomic mass is 9.90. The van der Waals surface area contributed by atoms with E-state index in [1.807, 2.05) is 6.92 Å². The summed E-state index contributed by atoms with van der Waals surface area (Å²) in [5, 5.41) is 5.04. The summed E-state index contributed by atoms with van der Waals surface area (Å²) >= 11 is 0. The molecule has 1 atom stereocenters. The van der Waals surface area contributed by atoms with Gasteiger partial charge >= 0.3 is 0 Å². The van der Waals surface area contributed by atoms with Crippen LogP contribution >= 0.6 is 0 Å². The lowest BCUT2D eigenvalue weighted by molar-refractivity contribution is 0.0639. The zero-order valence-corrected chi connectivity index (χ0v) is 11.5. The zero-order chi connectivity index (χ0) is 12.7. The van der Waals surface area contributed by atoms with E-state index in [2.05, 4.69) is 0 Å². The molecule has 0 aromatic carbocycles. The average molecular weight is 263 g/mol. The minimum Gasteiger partial charge on any atom is -0.381 e. The third kappa shape index (κ3) is 7.01. The number of hydrogen-bond donors (Lipinski definition) is 1. The van der Waals surface area contributed by atoms with Crippen LogP contribution in [-0.4, -0.2) is 27.4 Å². The largest absolute Gasteiger partial charge is 0.381 e. The molecule has 0 spiro atoms. The highest BCUT2D eigenvalue weighted by molar-refractivity contribution is 7.89. The van der Waals surface area contributed by atoms with E-state index in [-0.39, 0.29) is 11.7 Å². The highest BCUT2D eigenvalue weighted by Gasteiger charge is 2.17. The molecule has 0 heterocycles. The predicted octanol–water partition coefficient (Wildman–Crippen LogP) is 1.90. The van der Waals surface area contributed by atoms with Gasteiger partial charge in [-0.25, -0.2) is 13.6 Å². The molecule has 1 aliphatic rings. The van der Waals surface area contributed by atoms with Crippen molar-refractivity contribution in [1.82, 2.24) is 0 Å². The van der Waals surface area contributed by atoms with Crippen molar-refractivity contribution in [3.8, 4) is 0 Å². The van der Waals surface area contributed by atoms with Gasteiger partial charge in [0, 0.05) is 6.61 Å². The molecule has 0 bridgehead atoms. The van der Waals surface area contributed by atoms with Crippen molar-refractivity contribution < 1.29 is 13.2 Å². The van der Waals surface area contributed by atoms with Crippen LogP contribution in [-0.2, 0) is 14.8 Å². The van der Waals surface area contributed by atoms with E-state index in [9.17, 15) is 8.42 Å². The van der Waals surface area contributed by atoms with Gasteiger partial charge in [-0.1, -0.05) is 32.6 Å². The lowest BCUT2D eigenvalue weighted by Crippen LogP contribution is -2.26. The first-order valence-electron chi connectivity index (χ1n) is 6.59. The molecule has 1 fully saturated rings. The number of primary sulfonamides is 1. The van der Waals surface area contributed by atoms with Crippen LogP contribution in [0.2, 0.25) is 0 Å². The summed E-state index contributed by atoms with van der Waals surface area (Å²) in [4.78, 5) is 0. The standard InChI is InChI=1S/C12H25NO3S/c1-2-11(10-17(13,14)15)8-16-9-12-6-4-3-5-7-12/h11-12H,2-10H2,1H3,(H2,13,14,15). The van der Waals surface area contributed by atoms with E-state index >= 15 is 0 Å². The van der Waals surface area contributed by atoms with E-state index in [4.69, 9.17) is 9.88 Å². The first kappa shape index (κ1) is 14.9. The Morgan fingerprint density at radius 3 is 2.47 bits per heavy atom. The maximum absolute atomic E-state index is 11.0. The lowest BCUT2D eigenvalue weighted by Gasteiger charge is -2.22. The molecular weight excluding hydrogens is 238 g/mol. The van der Waals surface area contributed by atoms with Crippen LogP contribution in [0.15, 0.2) is 0 Å². The van der Waals surface area contributed by atoms with E-state index in [0.717, 1.165) is 13.0 Å². The second-order valence-electron chi connectivity index (χ2n) is 5.15. The SMILES string of the molecule is CCC(COCC1CCCCC1)CS(N)(=O)=O. The van der Waals surface area contributed by atoms with E-state index in [1.54, 1.807) is 0 Å². The van der Waals surface area contributed by atoms with Crippen molar-refractivity contribution >= 4 is 10.0 Å². The minimum absolute atomic E-state index is 0.0357. The maximum Gasteiger partial charge on any atom is 0.209 e. The Kier molecular flexibility index (Phi) is 6.44. The predicted molar refractivity (Wildman–Crippen MR) is 69.1 cm³/mol. The Labute approximate surface area is 105 Å². The van der Waals surface area contributed by atoms with Crippen molar-refractivity contribution in [2.24, 2.45) is 17.0 Å². The van der Waals surface area contributed by atoms with Crippen LogP contribution in [0.1, 0.15) is 45.4 Å². The summed E-state index contributed by atoms with van der Waals surface area (Å²) in [6.07, 6.45) is 7.27. The molecular formula is C12H25NO3S. The van der Waals surface area contributed by atoms with E-state index in [0.29, 0.717) is 12.5 Å². The van der Waals surface area contributed by atoms with Crippen LogP contribution in [0.25, 0.3) is 0 Å². The number of rotatable bonds is 7. The topological polar surface area (TPSA) is 69.4 Å². The average Bonchev–Trinajstić information content (AvgIpc) is 2.27. The molecule has 1 saturated carbocycles. The summed E-state index contributed by atoms with van der Waals surface area (Å²) in [7, 11) is -3.37. The minimum atomic E-state index is -3.37. The maximum atomic E-state index is 11.0. The normalized spacial score (nSPS) is 20.4. The van der Waals surface area contributed by atoms with Gasteiger partial charge in [0.1, 0.15) is 0 Å². The number of sulfonamides is 1. The van der Waals surface area contributed by atoms with Gasteiger partial charge in [0.15, 0.2) is 0 Å². The zero-order valence-electron chi connectivity index (χ0n) is 10.7. The number of ether oxygens (including phenoxy) is 1. The second-order valence-corrected chi connectivity index (χ2v) is 6.80. The molecule has 0 aliphatic heterocycles. The van der Waals surface area contributed by atoms with Gasteiger partial charge < -0.3 is 4.74 Å². The highest BCUT2D eigenvalue weighted by atomic mass is 32.2. The van der Waals surface area contributed by atoms with Crippen LogP contribution in [0.3, 0.4) is 0 Å². The molecule has 5 heteroatoms. The molecule has 1 aliphatic carbocycles. The van der Waals surface area contributed by atoms with Gasteiger partial charge in [0.2, 0.25) is 10.0 Å². The first-order chi connectivity index (χ1) is 8.01.